The minimum absolute atomic E-state index is 0.0733. The van der Waals surface area contributed by atoms with Crippen LogP contribution < -0.4 is 0 Å². The Bertz CT molecular complexity index is 1360. The second kappa shape index (κ2) is 64.6. The molecule has 0 aromatic carbocycles. The van der Waals surface area contributed by atoms with E-state index in [1.807, 2.05) is 0 Å². The van der Waals surface area contributed by atoms with E-state index in [2.05, 4.69) is 81.5 Å². The third-order valence-electron chi connectivity index (χ3n) is 14.7. The predicted molar refractivity (Wildman–Crippen MR) is 330 cm³/mol. The van der Waals surface area contributed by atoms with E-state index in [-0.39, 0.29) is 31.1 Å². The molecule has 0 aliphatic heterocycles. The maximum Gasteiger partial charge on any atom is 0.306 e. The zero-order valence-corrected chi connectivity index (χ0v) is 50.8. The average molecular weight is 1060 g/mol. The second-order valence-corrected chi connectivity index (χ2v) is 22.4. The Morgan fingerprint density at radius 2 is 0.474 bits per heavy atom. The van der Waals surface area contributed by atoms with Crippen molar-refractivity contribution in [1.82, 2.24) is 0 Å². The van der Waals surface area contributed by atoms with E-state index < -0.39 is 6.10 Å². The first-order valence-electron chi connectivity index (χ1n) is 33.3. The molecule has 0 radical (unpaired) electrons. The molecule has 0 aliphatic carbocycles. The summed E-state index contributed by atoms with van der Waals surface area (Å²) in [5.41, 5.74) is 0. The van der Waals surface area contributed by atoms with Crippen LogP contribution in [0.2, 0.25) is 0 Å². The molecule has 1 unspecified atom stereocenters. The Labute approximate surface area is 472 Å². The van der Waals surface area contributed by atoms with Gasteiger partial charge in [-0.25, -0.2) is 0 Å². The quantitative estimate of drug-likeness (QED) is 0.0261. The van der Waals surface area contributed by atoms with Gasteiger partial charge in [0.25, 0.3) is 0 Å². The highest BCUT2D eigenvalue weighted by Gasteiger charge is 2.19. The summed E-state index contributed by atoms with van der Waals surface area (Å²) < 4.78 is 16.9. The van der Waals surface area contributed by atoms with E-state index in [0.717, 1.165) is 83.5 Å². The summed E-state index contributed by atoms with van der Waals surface area (Å²) >= 11 is 0. The highest BCUT2D eigenvalue weighted by Crippen LogP contribution is 2.17. The van der Waals surface area contributed by atoms with Gasteiger partial charge in [0, 0.05) is 19.3 Å². The zero-order valence-electron chi connectivity index (χ0n) is 50.8. The average Bonchev–Trinajstić information content (AvgIpc) is 3.42. The third-order valence-corrected chi connectivity index (χ3v) is 14.7. The van der Waals surface area contributed by atoms with Crippen LogP contribution in [0.25, 0.3) is 0 Å². The lowest BCUT2D eigenvalue weighted by Gasteiger charge is -2.18. The van der Waals surface area contributed by atoms with Crippen LogP contribution in [0.3, 0.4) is 0 Å². The minimum Gasteiger partial charge on any atom is -0.462 e. The first kappa shape index (κ1) is 73.1. The molecule has 0 aromatic heterocycles. The molecule has 0 aromatic rings. The number of hydrogen-bond donors (Lipinski definition) is 0. The third kappa shape index (κ3) is 62.0. The molecule has 0 saturated carbocycles. The lowest BCUT2D eigenvalue weighted by Crippen LogP contribution is -2.30. The molecule has 6 nitrogen and oxygen atoms in total. The Kier molecular flexibility index (Phi) is 62.2. The van der Waals surface area contributed by atoms with Gasteiger partial charge in [0.2, 0.25) is 0 Å². The standard InChI is InChI=1S/C70H126O6/c1-4-7-10-13-16-19-21-23-25-27-28-29-30-31-32-33-34-35-36-37-38-39-40-41-42-44-45-47-49-51-54-57-60-63-69(72)75-66-67(65-74-68(71)62-59-56-53-18-15-12-9-6-3)76-70(73)64-61-58-55-52-50-48-46-43-26-24-22-20-17-14-11-8-5-2/h17,20-21,23-24,26-28,30-31,67H,4-16,18-19,22,25,29,32-66H2,1-3H3/b20-17-,23-21-,26-24-,28-27-,31-30-. The number of unbranched alkanes of at least 4 members (excludes halogenated alkanes) is 40. The van der Waals surface area contributed by atoms with Crippen LogP contribution in [0.4, 0.5) is 0 Å². The van der Waals surface area contributed by atoms with Crippen LogP contribution in [-0.2, 0) is 28.6 Å². The Hall–Kier alpha value is -2.89. The van der Waals surface area contributed by atoms with Crippen molar-refractivity contribution < 1.29 is 28.6 Å². The van der Waals surface area contributed by atoms with Gasteiger partial charge in [0.15, 0.2) is 6.10 Å². The molecule has 0 amide bonds. The van der Waals surface area contributed by atoms with Crippen molar-refractivity contribution in [2.24, 2.45) is 0 Å². The highest BCUT2D eigenvalue weighted by molar-refractivity contribution is 5.71. The Balaban J connectivity index is 4.03. The lowest BCUT2D eigenvalue weighted by molar-refractivity contribution is -0.167. The van der Waals surface area contributed by atoms with E-state index in [9.17, 15) is 14.4 Å². The van der Waals surface area contributed by atoms with E-state index in [0.29, 0.717) is 19.3 Å². The lowest BCUT2D eigenvalue weighted by atomic mass is 10.0. The SMILES string of the molecule is CCCCC/C=C\C/C=C\CCCCCCCCCC(=O)OC(COC(=O)CCCCCCCCCC)COC(=O)CCCCCCCCCCCCCCCCCCCC/C=C\C/C=C\C/C=C\CCCCCCC. The number of carbonyl (C=O) groups is 3. The van der Waals surface area contributed by atoms with E-state index >= 15 is 0 Å². The van der Waals surface area contributed by atoms with Crippen molar-refractivity contribution in [3.05, 3.63) is 60.8 Å². The molecule has 0 N–H and O–H groups in total. The maximum absolute atomic E-state index is 12.8. The van der Waals surface area contributed by atoms with Crippen molar-refractivity contribution in [3.8, 4) is 0 Å². The van der Waals surface area contributed by atoms with Crippen LogP contribution in [-0.4, -0.2) is 37.2 Å². The summed E-state index contributed by atoms with van der Waals surface area (Å²) in [6, 6.07) is 0. The summed E-state index contributed by atoms with van der Waals surface area (Å²) in [6.07, 6.45) is 82.6. The first-order chi connectivity index (χ1) is 37.5. The molecule has 0 fully saturated rings. The molecule has 442 valence electrons. The monoisotopic (exact) mass is 1060 g/mol. The zero-order chi connectivity index (χ0) is 55.0. The molecule has 0 aliphatic rings. The molecule has 1 atom stereocenters. The van der Waals surface area contributed by atoms with Gasteiger partial charge in [-0.15, -0.1) is 0 Å². The molecule has 0 heterocycles. The van der Waals surface area contributed by atoms with Crippen LogP contribution in [0, 0.1) is 0 Å². The fourth-order valence-electron chi connectivity index (χ4n) is 9.72. The number of rotatable bonds is 61. The van der Waals surface area contributed by atoms with E-state index in [1.54, 1.807) is 0 Å². The molecular formula is C70H126O6. The van der Waals surface area contributed by atoms with Gasteiger partial charge in [0.05, 0.1) is 0 Å². The van der Waals surface area contributed by atoms with Gasteiger partial charge < -0.3 is 14.2 Å². The highest BCUT2D eigenvalue weighted by atomic mass is 16.6. The first-order valence-corrected chi connectivity index (χ1v) is 33.3. The van der Waals surface area contributed by atoms with Crippen molar-refractivity contribution in [2.75, 3.05) is 13.2 Å². The fourth-order valence-corrected chi connectivity index (χ4v) is 9.72. The molecule has 0 spiro atoms. The van der Waals surface area contributed by atoms with Gasteiger partial charge in [-0.1, -0.05) is 300 Å². The minimum atomic E-state index is -0.774. The molecular weight excluding hydrogens is 937 g/mol. The Morgan fingerprint density at radius 1 is 0.263 bits per heavy atom. The normalized spacial score (nSPS) is 12.4. The fraction of sp³-hybridized carbons (Fsp3) is 0.814. The van der Waals surface area contributed by atoms with E-state index in [4.69, 9.17) is 14.2 Å². The van der Waals surface area contributed by atoms with Crippen LogP contribution in [0.5, 0.6) is 0 Å². The van der Waals surface area contributed by atoms with Crippen molar-refractivity contribution in [1.29, 1.82) is 0 Å². The summed E-state index contributed by atoms with van der Waals surface area (Å²) in [4.78, 5) is 38.1. The van der Waals surface area contributed by atoms with Gasteiger partial charge in [-0.2, -0.15) is 0 Å². The molecule has 6 heteroatoms. The van der Waals surface area contributed by atoms with Crippen molar-refractivity contribution >= 4 is 17.9 Å². The summed E-state index contributed by atoms with van der Waals surface area (Å²) in [5, 5.41) is 0. The molecule has 0 bridgehead atoms. The van der Waals surface area contributed by atoms with Crippen LogP contribution >= 0.6 is 0 Å². The van der Waals surface area contributed by atoms with Crippen LogP contribution in [0.15, 0.2) is 60.8 Å². The Morgan fingerprint density at radius 3 is 0.763 bits per heavy atom. The van der Waals surface area contributed by atoms with Gasteiger partial charge in [0.1, 0.15) is 13.2 Å². The number of esters is 3. The largest absolute Gasteiger partial charge is 0.462 e. The number of ether oxygens (including phenoxy) is 3. The van der Waals surface area contributed by atoms with Crippen LogP contribution in [0.1, 0.15) is 348 Å². The number of allylic oxidation sites excluding steroid dienone is 10. The summed E-state index contributed by atoms with van der Waals surface area (Å²) in [7, 11) is 0. The topological polar surface area (TPSA) is 78.9 Å². The number of hydrogen-bond acceptors (Lipinski definition) is 6. The number of carbonyl (C=O) groups excluding carboxylic acids is 3. The summed E-state index contributed by atoms with van der Waals surface area (Å²) in [5.74, 6) is -0.869. The van der Waals surface area contributed by atoms with Gasteiger partial charge in [-0.05, 0) is 89.9 Å². The molecule has 76 heavy (non-hydrogen) atoms. The predicted octanol–water partition coefficient (Wildman–Crippen LogP) is 22.7. The van der Waals surface area contributed by atoms with Crippen molar-refractivity contribution in [2.45, 2.75) is 354 Å². The van der Waals surface area contributed by atoms with E-state index in [1.165, 1.54) is 225 Å². The summed E-state index contributed by atoms with van der Waals surface area (Å²) in [6.45, 7) is 6.61. The molecule has 0 rings (SSSR count). The molecule has 0 saturated heterocycles. The smallest absolute Gasteiger partial charge is 0.306 e. The van der Waals surface area contributed by atoms with Crippen molar-refractivity contribution in [3.63, 3.8) is 0 Å². The van der Waals surface area contributed by atoms with Gasteiger partial charge >= 0.3 is 17.9 Å². The van der Waals surface area contributed by atoms with Gasteiger partial charge in [-0.3, -0.25) is 14.4 Å². The maximum atomic E-state index is 12.8. The second-order valence-electron chi connectivity index (χ2n) is 22.4.